The van der Waals surface area contributed by atoms with Gasteiger partial charge in [-0.2, -0.15) is 0 Å². The zero-order chi connectivity index (χ0) is 12.8. The van der Waals surface area contributed by atoms with E-state index in [1.54, 1.807) is 0 Å². The van der Waals surface area contributed by atoms with Gasteiger partial charge in [0.05, 0.1) is 11.6 Å². The van der Waals surface area contributed by atoms with Crippen molar-refractivity contribution in [3.8, 4) is 0 Å². The van der Waals surface area contributed by atoms with Crippen molar-refractivity contribution in [2.75, 3.05) is 0 Å². The van der Waals surface area contributed by atoms with Crippen molar-refractivity contribution >= 4 is 11.0 Å². The summed E-state index contributed by atoms with van der Waals surface area (Å²) in [4.78, 5) is 0. The van der Waals surface area contributed by atoms with Gasteiger partial charge in [0.25, 0.3) is 0 Å². The number of hydrogen-bond donors (Lipinski definition) is 1. The minimum absolute atomic E-state index is 0.136. The van der Waals surface area contributed by atoms with Gasteiger partial charge in [-0.3, -0.25) is 0 Å². The molecule has 0 bridgehead atoms. The van der Waals surface area contributed by atoms with Gasteiger partial charge in [-0.05, 0) is 23.3 Å². The maximum Gasteiger partial charge on any atom is 0.113 e. The molecule has 0 saturated carbocycles. The van der Waals surface area contributed by atoms with Crippen LogP contribution in [0.5, 0.6) is 0 Å². The van der Waals surface area contributed by atoms with Crippen molar-refractivity contribution in [1.29, 1.82) is 0 Å². The second-order valence-electron chi connectivity index (χ2n) is 4.94. The van der Waals surface area contributed by atoms with E-state index in [1.165, 1.54) is 5.56 Å². The Morgan fingerprint density at radius 1 is 1.05 bits per heavy atom. The summed E-state index contributed by atoms with van der Waals surface area (Å²) in [6, 6.07) is 15.8. The summed E-state index contributed by atoms with van der Waals surface area (Å²) in [6.45, 7) is 0. The average molecular weight is 251 g/mol. The smallest absolute Gasteiger partial charge is 0.113 e. The number of benzene rings is 2. The summed E-state index contributed by atoms with van der Waals surface area (Å²) in [5.74, 6) is 0. The first kappa shape index (κ1) is 10.7. The Balaban J connectivity index is 1.93. The molecule has 3 aromatic rings. The SMILES string of the molecule is OC1Cc2ccccc2C1n1nnc2ccccc21. The zero-order valence-electron chi connectivity index (χ0n) is 10.3. The molecule has 0 spiro atoms. The molecule has 0 aliphatic heterocycles. The molecule has 1 aliphatic rings. The fraction of sp³-hybridized carbons (Fsp3) is 0.200. The van der Waals surface area contributed by atoms with E-state index in [4.69, 9.17) is 0 Å². The molecule has 94 valence electrons. The van der Waals surface area contributed by atoms with Crippen LogP contribution in [0.15, 0.2) is 48.5 Å². The maximum absolute atomic E-state index is 10.4. The van der Waals surface area contributed by atoms with Gasteiger partial charge in [0, 0.05) is 6.42 Å². The number of rotatable bonds is 1. The van der Waals surface area contributed by atoms with E-state index in [1.807, 2.05) is 41.1 Å². The summed E-state index contributed by atoms with van der Waals surface area (Å²) in [7, 11) is 0. The molecular formula is C15H13N3O. The van der Waals surface area contributed by atoms with Crippen LogP contribution in [0.3, 0.4) is 0 Å². The molecule has 4 rings (SSSR count). The van der Waals surface area contributed by atoms with Gasteiger partial charge in [-0.15, -0.1) is 5.10 Å². The highest BCUT2D eigenvalue weighted by Crippen LogP contribution is 2.35. The first-order chi connectivity index (χ1) is 9.34. The predicted octanol–water partition coefficient (Wildman–Crippen LogP) is 1.94. The van der Waals surface area contributed by atoms with E-state index in [2.05, 4.69) is 22.4 Å². The highest BCUT2D eigenvalue weighted by molar-refractivity contribution is 5.74. The van der Waals surface area contributed by atoms with Crippen LogP contribution < -0.4 is 0 Å². The average Bonchev–Trinajstić information content (AvgIpc) is 2.98. The van der Waals surface area contributed by atoms with Crippen LogP contribution in [0.2, 0.25) is 0 Å². The fourth-order valence-corrected chi connectivity index (χ4v) is 2.94. The highest BCUT2D eigenvalue weighted by atomic mass is 16.3. The fourth-order valence-electron chi connectivity index (χ4n) is 2.94. The van der Waals surface area contributed by atoms with E-state index >= 15 is 0 Å². The van der Waals surface area contributed by atoms with Gasteiger partial charge in [0.15, 0.2) is 0 Å². The first-order valence-corrected chi connectivity index (χ1v) is 6.40. The van der Waals surface area contributed by atoms with Crippen molar-refractivity contribution in [3.05, 3.63) is 59.7 Å². The molecular weight excluding hydrogens is 238 g/mol. The van der Waals surface area contributed by atoms with Crippen LogP contribution in [0.1, 0.15) is 17.2 Å². The van der Waals surface area contributed by atoms with Crippen molar-refractivity contribution in [1.82, 2.24) is 15.0 Å². The lowest BCUT2D eigenvalue weighted by Gasteiger charge is -2.16. The Bertz CT molecular complexity index is 750. The Morgan fingerprint density at radius 3 is 2.79 bits per heavy atom. The van der Waals surface area contributed by atoms with Crippen LogP contribution in [0.4, 0.5) is 0 Å². The van der Waals surface area contributed by atoms with Gasteiger partial charge in [-0.25, -0.2) is 4.68 Å². The summed E-state index contributed by atoms with van der Waals surface area (Å²) < 4.78 is 1.84. The highest BCUT2D eigenvalue weighted by Gasteiger charge is 2.33. The Kier molecular flexibility index (Phi) is 2.19. The third kappa shape index (κ3) is 1.50. The topological polar surface area (TPSA) is 50.9 Å². The number of aliphatic hydroxyl groups is 1. The third-order valence-corrected chi connectivity index (χ3v) is 3.81. The molecule has 2 unspecified atom stereocenters. The van der Waals surface area contributed by atoms with E-state index in [9.17, 15) is 5.11 Å². The zero-order valence-corrected chi connectivity index (χ0v) is 10.3. The van der Waals surface area contributed by atoms with E-state index in [-0.39, 0.29) is 6.04 Å². The largest absolute Gasteiger partial charge is 0.390 e. The number of hydrogen-bond acceptors (Lipinski definition) is 3. The molecule has 0 fully saturated rings. The molecule has 4 heteroatoms. The molecule has 0 amide bonds. The number of nitrogens with zero attached hydrogens (tertiary/aromatic N) is 3. The molecule has 1 N–H and O–H groups in total. The maximum atomic E-state index is 10.4. The lowest BCUT2D eigenvalue weighted by atomic mass is 10.1. The monoisotopic (exact) mass is 251 g/mol. The normalized spacial score (nSPS) is 21.7. The Hall–Kier alpha value is -2.20. The van der Waals surface area contributed by atoms with Gasteiger partial charge < -0.3 is 5.11 Å². The molecule has 2 atom stereocenters. The quantitative estimate of drug-likeness (QED) is 0.719. The second-order valence-corrected chi connectivity index (χ2v) is 4.94. The predicted molar refractivity (Wildman–Crippen MR) is 71.8 cm³/mol. The first-order valence-electron chi connectivity index (χ1n) is 6.40. The minimum atomic E-state index is -0.442. The number of aliphatic hydroxyl groups excluding tert-OH is 1. The lowest BCUT2D eigenvalue weighted by molar-refractivity contribution is 0.139. The number of para-hydroxylation sites is 1. The molecule has 0 saturated heterocycles. The second kappa shape index (κ2) is 3.90. The molecule has 4 nitrogen and oxygen atoms in total. The van der Waals surface area contributed by atoms with Crippen LogP contribution in [-0.2, 0) is 6.42 Å². The van der Waals surface area contributed by atoms with Crippen LogP contribution in [0, 0.1) is 0 Å². The third-order valence-electron chi connectivity index (χ3n) is 3.81. The Labute approximate surface area is 110 Å². The van der Waals surface area contributed by atoms with Crippen molar-refractivity contribution in [3.63, 3.8) is 0 Å². The minimum Gasteiger partial charge on any atom is -0.390 e. The molecule has 1 heterocycles. The van der Waals surface area contributed by atoms with Crippen molar-refractivity contribution in [2.45, 2.75) is 18.6 Å². The molecule has 1 aliphatic carbocycles. The van der Waals surface area contributed by atoms with Crippen molar-refractivity contribution < 1.29 is 5.11 Å². The molecule has 19 heavy (non-hydrogen) atoms. The van der Waals surface area contributed by atoms with E-state index < -0.39 is 6.10 Å². The van der Waals surface area contributed by atoms with E-state index in [0.29, 0.717) is 6.42 Å². The van der Waals surface area contributed by atoms with Gasteiger partial charge >= 0.3 is 0 Å². The van der Waals surface area contributed by atoms with Crippen LogP contribution in [0.25, 0.3) is 11.0 Å². The lowest BCUT2D eigenvalue weighted by Crippen LogP contribution is -2.22. The summed E-state index contributed by atoms with van der Waals surface area (Å²) in [6.07, 6.45) is 0.233. The summed E-state index contributed by atoms with van der Waals surface area (Å²) in [5, 5.41) is 18.8. The van der Waals surface area contributed by atoms with Crippen LogP contribution in [-0.4, -0.2) is 26.2 Å². The Morgan fingerprint density at radius 2 is 1.84 bits per heavy atom. The van der Waals surface area contributed by atoms with Gasteiger partial charge in [0.2, 0.25) is 0 Å². The van der Waals surface area contributed by atoms with Gasteiger partial charge in [-0.1, -0.05) is 41.6 Å². The standard InChI is InChI=1S/C15H13N3O/c19-14-9-10-5-1-2-6-11(10)15(14)18-13-8-4-3-7-12(13)16-17-18/h1-8,14-15,19H,9H2. The molecule has 0 radical (unpaired) electrons. The van der Waals surface area contributed by atoms with Gasteiger partial charge in [0.1, 0.15) is 11.6 Å². The van der Waals surface area contributed by atoms with Crippen LogP contribution >= 0.6 is 0 Å². The summed E-state index contributed by atoms with van der Waals surface area (Å²) in [5.41, 5.74) is 4.16. The summed E-state index contributed by atoms with van der Waals surface area (Å²) >= 11 is 0. The molecule has 1 aromatic heterocycles. The molecule has 2 aromatic carbocycles. The number of fused-ring (bicyclic) bond motifs is 2. The number of aromatic nitrogens is 3. The van der Waals surface area contributed by atoms with Crippen molar-refractivity contribution in [2.24, 2.45) is 0 Å². The van der Waals surface area contributed by atoms with E-state index in [0.717, 1.165) is 16.6 Å².